The van der Waals surface area contributed by atoms with E-state index in [-0.39, 0.29) is 32.3 Å². The average Bonchev–Trinajstić information content (AvgIpc) is 2.99. The summed E-state index contributed by atoms with van der Waals surface area (Å²) in [4.78, 5) is 22.2. The van der Waals surface area contributed by atoms with E-state index < -0.39 is 13.9 Å². The fourth-order valence-electron chi connectivity index (χ4n) is 4.10. The van der Waals surface area contributed by atoms with Gasteiger partial charge >= 0.3 is 13.8 Å². The van der Waals surface area contributed by atoms with Crippen LogP contribution in [-0.4, -0.2) is 49.9 Å². The van der Waals surface area contributed by atoms with Crippen molar-refractivity contribution in [3.8, 4) is 0 Å². The van der Waals surface area contributed by atoms with Crippen LogP contribution in [0.2, 0.25) is 0 Å². The second-order valence-corrected chi connectivity index (χ2v) is 12.1. The maximum atomic E-state index is 12.4. The number of carbonyl (C=O) groups excluding carboxylic acids is 1. The van der Waals surface area contributed by atoms with Gasteiger partial charge in [0.05, 0.1) is 19.8 Å². The maximum Gasteiger partial charge on any atom is 0.472 e. The number of phosphoric ester groups is 1. The molecule has 0 fully saturated rings. The summed E-state index contributed by atoms with van der Waals surface area (Å²) in [6, 6.07) is 0. The van der Waals surface area contributed by atoms with Crippen LogP contribution in [-0.2, 0) is 27.9 Å². The number of hydrogen-bond acceptors (Lipinski definition) is 7. The van der Waals surface area contributed by atoms with Crippen LogP contribution >= 0.6 is 7.82 Å². The van der Waals surface area contributed by atoms with Crippen molar-refractivity contribution in [3.05, 3.63) is 48.6 Å². The predicted octanol–water partition coefficient (Wildman–Crippen LogP) is 8.90. The fraction of sp³-hybridized carbons (Fsp3) is 0.735. The Balaban J connectivity index is 4.19. The smallest absolute Gasteiger partial charge is 0.457 e. The highest BCUT2D eigenvalue weighted by Gasteiger charge is 2.25. The lowest BCUT2D eigenvalue weighted by molar-refractivity contribution is -0.154. The van der Waals surface area contributed by atoms with E-state index in [4.69, 9.17) is 24.3 Å². The van der Waals surface area contributed by atoms with Crippen molar-refractivity contribution >= 4 is 13.8 Å². The summed E-state index contributed by atoms with van der Waals surface area (Å²) in [6.07, 6.45) is 34.2. The first-order valence-corrected chi connectivity index (χ1v) is 18.1. The van der Waals surface area contributed by atoms with Crippen molar-refractivity contribution in [1.29, 1.82) is 0 Å². The van der Waals surface area contributed by atoms with Crippen LogP contribution in [0.25, 0.3) is 0 Å². The molecule has 0 aliphatic rings. The first-order valence-electron chi connectivity index (χ1n) is 16.6. The number of hydrogen-bond donors (Lipinski definition) is 2. The van der Waals surface area contributed by atoms with E-state index in [1.54, 1.807) is 0 Å². The number of carbonyl (C=O) groups is 1. The highest BCUT2D eigenvalue weighted by atomic mass is 31.2. The minimum Gasteiger partial charge on any atom is -0.457 e. The second-order valence-electron chi connectivity index (χ2n) is 10.6. The Kier molecular flexibility index (Phi) is 30.7. The summed E-state index contributed by atoms with van der Waals surface area (Å²) in [5.41, 5.74) is 5.32. The Labute approximate surface area is 262 Å². The Hall–Kier alpha value is -1.54. The second kappa shape index (κ2) is 31.9. The van der Waals surface area contributed by atoms with E-state index in [0.29, 0.717) is 13.0 Å². The highest BCUT2D eigenvalue weighted by Crippen LogP contribution is 2.43. The maximum absolute atomic E-state index is 12.4. The molecule has 0 bridgehead atoms. The molecule has 0 spiro atoms. The van der Waals surface area contributed by atoms with Crippen LogP contribution in [0.3, 0.4) is 0 Å². The number of phosphoric acid groups is 1. The van der Waals surface area contributed by atoms with Gasteiger partial charge in [0.25, 0.3) is 0 Å². The summed E-state index contributed by atoms with van der Waals surface area (Å²) >= 11 is 0. The van der Waals surface area contributed by atoms with Gasteiger partial charge in [-0.2, -0.15) is 0 Å². The van der Waals surface area contributed by atoms with Gasteiger partial charge in [-0.05, 0) is 51.4 Å². The summed E-state index contributed by atoms with van der Waals surface area (Å²) in [7, 11) is -4.27. The Morgan fingerprint density at radius 3 is 1.93 bits per heavy atom. The van der Waals surface area contributed by atoms with Crippen LogP contribution in [0.4, 0.5) is 0 Å². The lowest BCUT2D eigenvalue weighted by atomic mass is 10.1. The van der Waals surface area contributed by atoms with Gasteiger partial charge in [-0.25, -0.2) is 4.57 Å². The topological polar surface area (TPSA) is 117 Å². The summed E-state index contributed by atoms with van der Waals surface area (Å²) in [5, 5.41) is 0. The van der Waals surface area contributed by atoms with Gasteiger partial charge in [-0.15, -0.1) is 0 Å². The van der Waals surface area contributed by atoms with E-state index in [9.17, 15) is 14.3 Å². The fourth-order valence-corrected chi connectivity index (χ4v) is 4.87. The van der Waals surface area contributed by atoms with Gasteiger partial charge < -0.3 is 20.1 Å². The molecule has 0 heterocycles. The molecule has 250 valence electrons. The SMILES string of the molecule is CC/C=C\C/C=C\C/C=C\C/C=C\CCCCCOCC(COP(=O)(O)OCCN)OC(=O)CCCCCCCCCC. The molecule has 0 aromatic heterocycles. The van der Waals surface area contributed by atoms with Gasteiger partial charge in [-0.3, -0.25) is 13.8 Å². The standard InChI is InChI=1S/C34H62NO7P/c1-3-5-7-9-11-13-14-15-16-17-18-19-20-22-24-26-29-39-31-33(32-41-43(37,38)40-30-28-35)42-34(36)27-25-23-21-12-10-8-6-4-2/h5,7,11,13,15-16,18-19,33H,3-4,6,8-10,12,14,17,20-32,35H2,1-2H3,(H,37,38)/b7-5-,13-11-,16-15-,19-18-. The highest BCUT2D eigenvalue weighted by molar-refractivity contribution is 7.47. The molecule has 2 atom stereocenters. The number of ether oxygens (including phenoxy) is 2. The summed E-state index contributed by atoms with van der Waals surface area (Å²) < 4.78 is 33.1. The van der Waals surface area contributed by atoms with E-state index >= 15 is 0 Å². The molecule has 0 aliphatic carbocycles. The molecule has 3 N–H and O–H groups in total. The minimum atomic E-state index is -4.27. The third kappa shape index (κ3) is 31.7. The van der Waals surface area contributed by atoms with Crippen LogP contribution in [0.5, 0.6) is 0 Å². The third-order valence-electron chi connectivity index (χ3n) is 6.51. The van der Waals surface area contributed by atoms with Crippen LogP contribution < -0.4 is 5.73 Å². The molecule has 0 aliphatic heterocycles. The zero-order chi connectivity index (χ0) is 31.7. The first kappa shape index (κ1) is 41.5. The minimum absolute atomic E-state index is 0.0936. The van der Waals surface area contributed by atoms with E-state index in [2.05, 4.69) is 62.5 Å². The zero-order valence-corrected chi connectivity index (χ0v) is 28.1. The number of allylic oxidation sites excluding steroid dienone is 8. The molecule has 0 amide bonds. The molecule has 8 nitrogen and oxygen atoms in total. The van der Waals surface area contributed by atoms with E-state index in [1.165, 1.54) is 32.1 Å². The molecule has 0 saturated heterocycles. The quantitative estimate of drug-likeness (QED) is 0.0339. The van der Waals surface area contributed by atoms with Crippen molar-refractivity contribution in [2.45, 2.75) is 129 Å². The van der Waals surface area contributed by atoms with E-state index in [0.717, 1.165) is 70.6 Å². The average molecular weight is 628 g/mol. The molecule has 9 heteroatoms. The summed E-state index contributed by atoms with van der Waals surface area (Å²) in [5.74, 6) is -0.350. The van der Waals surface area contributed by atoms with Gasteiger partial charge in [0.2, 0.25) is 0 Å². The molecule has 0 aromatic carbocycles. The molecule has 0 saturated carbocycles. The van der Waals surface area contributed by atoms with Crippen LogP contribution in [0, 0.1) is 0 Å². The van der Waals surface area contributed by atoms with E-state index in [1.807, 2.05) is 0 Å². The molecule has 0 rings (SSSR count). The number of unbranched alkanes of at least 4 members (excludes halogenated alkanes) is 10. The van der Waals surface area contributed by atoms with Gasteiger partial charge in [0, 0.05) is 19.6 Å². The number of esters is 1. The van der Waals surface area contributed by atoms with Crippen molar-refractivity contribution < 1.29 is 32.8 Å². The first-order chi connectivity index (χ1) is 20.9. The van der Waals surface area contributed by atoms with Crippen LogP contribution in [0.15, 0.2) is 48.6 Å². The van der Waals surface area contributed by atoms with Crippen molar-refractivity contribution in [2.24, 2.45) is 5.73 Å². The lowest BCUT2D eigenvalue weighted by Gasteiger charge is -2.20. The molecular weight excluding hydrogens is 565 g/mol. The molecule has 2 unspecified atom stereocenters. The number of rotatable bonds is 31. The number of nitrogens with two attached hydrogens (primary N) is 1. The Bertz CT molecular complexity index is 798. The summed E-state index contributed by atoms with van der Waals surface area (Å²) in [6.45, 7) is 4.66. The van der Waals surface area contributed by atoms with Crippen molar-refractivity contribution in [2.75, 3.05) is 33.0 Å². The molecule has 0 aromatic rings. The van der Waals surface area contributed by atoms with Gasteiger partial charge in [0.15, 0.2) is 0 Å². The lowest BCUT2D eigenvalue weighted by Crippen LogP contribution is -2.28. The predicted molar refractivity (Wildman–Crippen MR) is 178 cm³/mol. The van der Waals surface area contributed by atoms with Gasteiger partial charge in [-0.1, -0.05) is 114 Å². The molecular formula is C34H62NO7P. The largest absolute Gasteiger partial charge is 0.472 e. The van der Waals surface area contributed by atoms with Crippen molar-refractivity contribution in [1.82, 2.24) is 0 Å². The molecule has 43 heavy (non-hydrogen) atoms. The Morgan fingerprint density at radius 2 is 1.30 bits per heavy atom. The Morgan fingerprint density at radius 1 is 0.721 bits per heavy atom. The normalized spacial score (nSPS) is 14.4. The van der Waals surface area contributed by atoms with Crippen LogP contribution in [0.1, 0.15) is 123 Å². The zero-order valence-electron chi connectivity index (χ0n) is 27.2. The van der Waals surface area contributed by atoms with Crippen molar-refractivity contribution in [3.63, 3.8) is 0 Å². The van der Waals surface area contributed by atoms with Gasteiger partial charge in [0.1, 0.15) is 6.10 Å². The monoisotopic (exact) mass is 627 g/mol. The third-order valence-corrected chi connectivity index (χ3v) is 7.49. The molecule has 0 radical (unpaired) electrons.